The van der Waals surface area contributed by atoms with Gasteiger partial charge in [0.05, 0.1) is 12.6 Å². The van der Waals surface area contributed by atoms with Crippen LogP contribution in [0.2, 0.25) is 0 Å². The lowest BCUT2D eigenvalue weighted by molar-refractivity contribution is -0.145. The molecule has 0 bridgehead atoms. The molecule has 0 amide bonds. The van der Waals surface area contributed by atoms with Crippen LogP contribution in [0.4, 0.5) is 0 Å². The van der Waals surface area contributed by atoms with Gasteiger partial charge in [-0.1, -0.05) is 13.3 Å². The minimum atomic E-state index is -0.793. The molecule has 1 aliphatic heterocycles. The fraction of sp³-hybridized carbons (Fsp3) is 0.800. The van der Waals surface area contributed by atoms with Crippen molar-refractivity contribution < 1.29 is 9.90 Å². The molecule has 0 aromatic rings. The predicted molar refractivity (Wildman–Crippen MR) is 51.6 cm³/mol. The molecular weight excluding hydrogens is 180 g/mol. The van der Waals surface area contributed by atoms with Gasteiger partial charge in [0.2, 0.25) is 0 Å². The van der Waals surface area contributed by atoms with E-state index in [1.54, 1.807) is 4.90 Å². The fourth-order valence-corrected chi connectivity index (χ4v) is 1.99. The van der Waals surface area contributed by atoms with Crippen molar-refractivity contribution in [2.24, 2.45) is 5.92 Å². The standard InChI is InChI=1S/C10H16N2O2/c1-2-8-3-5-12(6-4-11)9(7-8)10(13)14/h8-9H,2-3,5-7H2,1H3,(H,13,14). The quantitative estimate of drug-likeness (QED) is 0.686. The van der Waals surface area contributed by atoms with E-state index in [9.17, 15) is 4.79 Å². The number of carbonyl (C=O) groups is 1. The topological polar surface area (TPSA) is 64.3 Å². The molecule has 1 heterocycles. The summed E-state index contributed by atoms with van der Waals surface area (Å²) in [6, 6.07) is 1.57. The fourth-order valence-electron chi connectivity index (χ4n) is 1.99. The van der Waals surface area contributed by atoms with Crippen molar-refractivity contribution >= 4 is 5.97 Å². The highest BCUT2D eigenvalue weighted by atomic mass is 16.4. The Kier molecular flexibility index (Phi) is 3.90. The number of carboxylic acid groups (broad SMARTS) is 1. The Bertz CT molecular complexity index is 247. The molecule has 4 nitrogen and oxygen atoms in total. The zero-order chi connectivity index (χ0) is 10.6. The molecule has 2 unspecified atom stereocenters. The lowest BCUT2D eigenvalue weighted by atomic mass is 9.89. The highest BCUT2D eigenvalue weighted by Crippen LogP contribution is 2.25. The molecule has 78 valence electrons. The molecule has 0 saturated carbocycles. The van der Waals surface area contributed by atoms with Crippen LogP contribution in [0.5, 0.6) is 0 Å². The van der Waals surface area contributed by atoms with Crippen molar-refractivity contribution in [3.63, 3.8) is 0 Å². The van der Waals surface area contributed by atoms with Crippen LogP contribution in [-0.4, -0.2) is 35.1 Å². The Morgan fingerprint density at radius 1 is 1.71 bits per heavy atom. The average molecular weight is 196 g/mol. The van der Waals surface area contributed by atoms with E-state index < -0.39 is 12.0 Å². The van der Waals surface area contributed by atoms with E-state index in [1.807, 2.05) is 6.07 Å². The summed E-state index contributed by atoms with van der Waals surface area (Å²) in [6.07, 6.45) is 2.74. The van der Waals surface area contributed by atoms with Crippen LogP contribution >= 0.6 is 0 Å². The lowest BCUT2D eigenvalue weighted by Gasteiger charge is -2.35. The third-order valence-corrected chi connectivity index (χ3v) is 2.96. The van der Waals surface area contributed by atoms with Gasteiger partial charge in [-0.15, -0.1) is 0 Å². The maximum absolute atomic E-state index is 10.9. The van der Waals surface area contributed by atoms with Gasteiger partial charge in [0, 0.05) is 6.54 Å². The molecule has 0 spiro atoms. The number of carboxylic acids is 1. The first-order valence-corrected chi connectivity index (χ1v) is 5.02. The number of nitriles is 1. The molecule has 1 saturated heterocycles. The molecule has 0 aliphatic carbocycles. The highest BCUT2D eigenvalue weighted by molar-refractivity contribution is 5.73. The highest BCUT2D eigenvalue weighted by Gasteiger charge is 2.32. The zero-order valence-corrected chi connectivity index (χ0v) is 8.44. The van der Waals surface area contributed by atoms with Crippen LogP contribution in [-0.2, 0) is 4.79 Å². The van der Waals surface area contributed by atoms with Gasteiger partial charge >= 0.3 is 5.97 Å². The smallest absolute Gasteiger partial charge is 0.320 e. The van der Waals surface area contributed by atoms with Gasteiger partial charge in [-0.25, -0.2) is 0 Å². The van der Waals surface area contributed by atoms with Crippen LogP contribution in [0, 0.1) is 17.2 Å². The van der Waals surface area contributed by atoms with Gasteiger partial charge in [-0.3, -0.25) is 9.69 Å². The number of rotatable bonds is 3. The number of aliphatic carboxylic acids is 1. The Morgan fingerprint density at radius 3 is 2.93 bits per heavy atom. The maximum atomic E-state index is 10.9. The van der Waals surface area contributed by atoms with Crippen molar-refractivity contribution in [2.45, 2.75) is 32.2 Å². The summed E-state index contributed by atoms with van der Waals surface area (Å²) >= 11 is 0. The number of hydrogen-bond acceptors (Lipinski definition) is 3. The molecule has 0 aromatic heterocycles. The Labute approximate surface area is 84.1 Å². The molecule has 0 aromatic carbocycles. The van der Waals surface area contributed by atoms with Gasteiger partial charge in [0.15, 0.2) is 0 Å². The van der Waals surface area contributed by atoms with E-state index >= 15 is 0 Å². The van der Waals surface area contributed by atoms with Gasteiger partial charge in [-0.05, 0) is 18.8 Å². The second-order valence-corrected chi connectivity index (χ2v) is 3.78. The molecule has 1 N–H and O–H groups in total. The Hall–Kier alpha value is -1.08. The second-order valence-electron chi connectivity index (χ2n) is 3.78. The third-order valence-electron chi connectivity index (χ3n) is 2.96. The molecule has 1 aliphatic rings. The SMILES string of the molecule is CCC1CCN(CC#N)C(C(=O)O)C1. The van der Waals surface area contributed by atoms with E-state index in [0.717, 1.165) is 19.4 Å². The maximum Gasteiger partial charge on any atom is 0.320 e. The van der Waals surface area contributed by atoms with Gasteiger partial charge in [0.1, 0.15) is 6.04 Å². The zero-order valence-electron chi connectivity index (χ0n) is 8.44. The van der Waals surface area contributed by atoms with E-state index in [4.69, 9.17) is 10.4 Å². The first kappa shape index (κ1) is 11.0. The monoisotopic (exact) mass is 196 g/mol. The minimum Gasteiger partial charge on any atom is -0.480 e. The van der Waals surface area contributed by atoms with E-state index in [1.165, 1.54) is 0 Å². The summed E-state index contributed by atoms with van der Waals surface area (Å²) in [7, 11) is 0. The number of likely N-dealkylation sites (tertiary alicyclic amines) is 1. The predicted octanol–water partition coefficient (Wildman–Crippen LogP) is 1.09. The summed E-state index contributed by atoms with van der Waals surface area (Å²) in [5, 5.41) is 17.6. The van der Waals surface area contributed by atoms with E-state index in [0.29, 0.717) is 12.3 Å². The molecule has 2 atom stereocenters. The Morgan fingerprint density at radius 2 is 2.43 bits per heavy atom. The summed E-state index contributed by atoms with van der Waals surface area (Å²) in [5.74, 6) is -0.288. The van der Waals surface area contributed by atoms with Gasteiger partial charge in [0.25, 0.3) is 0 Å². The number of nitrogens with zero attached hydrogens (tertiary/aromatic N) is 2. The Balaban J connectivity index is 2.61. The van der Waals surface area contributed by atoms with Crippen LogP contribution in [0.15, 0.2) is 0 Å². The molecule has 1 rings (SSSR count). The molecule has 14 heavy (non-hydrogen) atoms. The van der Waals surface area contributed by atoms with Crippen molar-refractivity contribution in [1.82, 2.24) is 4.90 Å². The second kappa shape index (κ2) is 4.97. The van der Waals surface area contributed by atoms with Crippen molar-refractivity contribution in [2.75, 3.05) is 13.1 Å². The lowest BCUT2D eigenvalue weighted by Crippen LogP contribution is -2.47. The van der Waals surface area contributed by atoms with E-state index in [2.05, 4.69) is 6.92 Å². The van der Waals surface area contributed by atoms with Crippen LogP contribution < -0.4 is 0 Å². The van der Waals surface area contributed by atoms with Crippen LogP contribution in [0.3, 0.4) is 0 Å². The van der Waals surface area contributed by atoms with Crippen LogP contribution in [0.25, 0.3) is 0 Å². The summed E-state index contributed by atoms with van der Waals surface area (Å²) in [6.45, 7) is 3.06. The summed E-state index contributed by atoms with van der Waals surface area (Å²) < 4.78 is 0. The molecule has 1 fully saturated rings. The third kappa shape index (κ3) is 2.46. The summed E-state index contributed by atoms with van der Waals surface area (Å²) in [5.41, 5.74) is 0. The minimum absolute atomic E-state index is 0.230. The van der Waals surface area contributed by atoms with Gasteiger partial charge < -0.3 is 5.11 Å². The normalized spacial score (nSPS) is 28.3. The number of hydrogen-bond donors (Lipinski definition) is 1. The molecule has 0 radical (unpaired) electrons. The van der Waals surface area contributed by atoms with Crippen LogP contribution in [0.1, 0.15) is 26.2 Å². The molecule has 4 heteroatoms. The molecular formula is C10H16N2O2. The first-order chi connectivity index (χ1) is 6.69. The van der Waals surface area contributed by atoms with Gasteiger partial charge in [-0.2, -0.15) is 5.26 Å². The number of piperidine rings is 1. The summed E-state index contributed by atoms with van der Waals surface area (Å²) in [4.78, 5) is 12.7. The first-order valence-electron chi connectivity index (χ1n) is 5.02. The van der Waals surface area contributed by atoms with Crippen molar-refractivity contribution in [3.8, 4) is 6.07 Å². The van der Waals surface area contributed by atoms with Crippen molar-refractivity contribution in [1.29, 1.82) is 5.26 Å². The van der Waals surface area contributed by atoms with Crippen molar-refractivity contribution in [3.05, 3.63) is 0 Å². The largest absolute Gasteiger partial charge is 0.480 e. The average Bonchev–Trinajstić information content (AvgIpc) is 2.18. The van der Waals surface area contributed by atoms with E-state index in [-0.39, 0.29) is 6.54 Å².